The molecule has 7 heteroatoms. The van der Waals surface area contributed by atoms with Crippen molar-refractivity contribution in [1.82, 2.24) is 20.0 Å². The van der Waals surface area contributed by atoms with Gasteiger partial charge in [0.15, 0.2) is 5.69 Å². The van der Waals surface area contributed by atoms with Crippen LogP contribution in [0.4, 0.5) is 0 Å². The van der Waals surface area contributed by atoms with E-state index in [0.717, 1.165) is 10.2 Å². The van der Waals surface area contributed by atoms with Gasteiger partial charge in [0.05, 0.1) is 17.9 Å². The van der Waals surface area contributed by atoms with Crippen LogP contribution in [0.25, 0.3) is 0 Å². The van der Waals surface area contributed by atoms with Gasteiger partial charge in [-0.1, -0.05) is 19.1 Å². The van der Waals surface area contributed by atoms with Crippen molar-refractivity contribution in [1.29, 1.82) is 0 Å². The van der Waals surface area contributed by atoms with Gasteiger partial charge in [-0.15, -0.1) is 5.10 Å². The first kappa shape index (κ1) is 14.6. The molecule has 0 aliphatic rings. The zero-order valence-electron chi connectivity index (χ0n) is 11.2. The standard InChI is InChI=1S/C13H15BrN4O2/c1-8(2)5-11-12(13(19)20)16-17-18(11)7-10-4-3-9(14)6-15-10/h3-4,6,8H,5,7H2,1-2H3,(H,19,20). The van der Waals surface area contributed by atoms with Crippen molar-refractivity contribution in [3.8, 4) is 0 Å². The summed E-state index contributed by atoms with van der Waals surface area (Å²) in [5.74, 6) is -0.723. The van der Waals surface area contributed by atoms with Crippen molar-refractivity contribution in [2.75, 3.05) is 0 Å². The molecule has 1 N–H and O–H groups in total. The van der Waals surface area contributed by atoms with Gasteiger partial charge in [0.2, 0.25) is 0 Å². The number of hydrogen-bond donors (Lipinski definition) is 1. The lowest BCUT2D eigenvalue weighted by Gasteiger charge is -2.09. The highest BCUT2D eigenvalue weighted by Crippen LogP contribution is 2.14. The van der Waals surface area contributed by atoms with Gasteiger partial charge < -0.3 is 5.11 Å². The molecule has 0 saturated carbocycles. The van der Waals surface area contributed by atoms with E-state index in [4.69, 9.17) is 5.11 Å². The number of aromatic carboxylic acids is 1. The Morgan fingerprint density at radius 1 is 1.45 bits per heavy atom. The summed E-state index contributed by atoms with van der Waals surface area (Å²) in [5.41, 5.74) is 1.47. The van der Waals surface area contributed by atoms with Crippen LogP contribution in [-0.4, -0.2) is 31.1 Å². The second-order valence-corrected chi connectivity index (χ2v) is 5.83. The molecule has 2 heterocycles. The second-order valence-electron chi connectivity index (χ2n) is 4.91. The smallest absolute Gasteiger partial charge is 0.358 e. The maximum atomic E-state index is 11.2. The highest BCUT2D eigenvalue weighted by atomic mass is 79.9. The average Bonchev–Trinajstić information content (AvgIpc) is 2.75. The van der Waals surface area contributed by atoms with Gasteiger partial charge in [-0.05, 0) is 40.4 Å². The van der Waals surface area contributed by atoms with Gasteiger partial charge in [0.1, 0.15) is 0 Å². The van der Waals surface area contributed by atoms with Crippen LogP contribution < -0.4 is 0 Å². The van der Waals surface area contributed by atoms with Crippen molar-refractivity contribution in [2.24, 2.45) is 5.92 Å². The molecule has 106 valence electrons. The molecule has 0 radical (unpaired) electrons. The molecule has 6 nitrogen and oxygen atoms in total. The molecule has 2 rings (SSSR count). The first-order chi connectivity index (χ1) is 9.47. The van der Waals surface area contributed by atoms with Crippen molar-refractivity contribution in [3.63, 3.8) is 0 Å². The Morgan fingerprint density at radius 3 is 2.75 bits per heavy atom. The lowest BCUT2D eigenvalue weighted by atomic mass is 10.1. The molecule has 0 aromatic carbocycles. The van der Waals surface area contributed by atoms with Crippen LogP contribution in [0.15, 0.2) is 22.8 Å². The molecule has 0 spiro atoms. The van der Waals surface area contributed by atoms with Crippen molar-refractivity contribution in [3.05, 3.63) is 39.9 Å². The molecule has 2 aromatic rings. The Balaban J connectivity index is 2.31. The SMILES string of the molecule is CC(C)Cc1c(C(=O)O)nnn1Cc1ccc(Br)cn1. The monoisotopic (exact) mass is 338 g/mol. The summed E-state index contributed by atoms with van der Waals surface area (Å²) in [6, 6.07) is 3.75. The predicted molar refractivity (Wildman–Crippen MR) is 76.6 cm³/mol. The van der Waals surface area contributed by atoms with Crippen LogP contribution in [0.2, 0.25) is 0 Å². The van der Waals surface area contributed by atoms with Gasteiger partial charge in [-0.25, -0.2) is 9.48 Å². The highest BCUT2D eigenvalue weighted by molar-refractivity contribution is 9.10. The number of nitrogens with zero attached hydrogens (tertiary/aromatic N) is 4. The second kappa shape index (κ2) is 6.13. The quantitative estimate of drug-likeness (QED) is 0.905. The molecule has 2 aromatic heterocycles. The fourth-order valence-corrected chi connectivity index (χ4v) is 2.10. The van der Waals surface area contributed by atoms with Gasteiger partial charge in [-0.3, -0.25) is 4.98 Å². The first-order valence-corrected chi connectivity index (χ1v) is 7.02. The zero-order chi connectivity index (χ0) is 14.7. The minimum Gasteiger partial charge on any atom is -0.476 e. The average molecular weight is 339 g/mol. The van der Waals surface area contributed by atoms with Crippen molar-refractivity contribution >= 4 is 21.9 Å². The molecule has 0 unspecified atom stereocenters. The molecular weight excluding hydrogens is 324 g/mol. The summed E-state index contributed by atoms with van der Waals surface area (Å²) < 4.78 is 2.51. The zero-order valence-corrected chi connectivity index (χ0v) is 12.8. The number of rotatable bonds is 5. The molecule has 0 aliphatic heterocycles. The number of carbonyl (C=O) groups is 1. The van der Waals surface area contributed by atoms with Gasteiger partial charge in [0.25, 0.3) is 0 Å². The molecule has 0 atom stereocenters. The fraction of sp³-hybridized carbons (Fsp3) is 0.385. The largest absolute Gasteiger partial charge is 0.476 e. The Labute approximate surface area is 125 Å². The Bertz CT molecular complexity index is 607. The normalized spacial score (nSPS) is 11.0. The number of aromatic nitrogens is 4. The van der Waals surface area contributed by atoms with E-state index >= 15 is 0 Å². The van der Waals surface area contributed by atoms with Gasteiger partial charge >= 0.3 is 5.97 Å². The third kappa shape index (κ3) is 3.41. The van der Waals surface area contributed by atoms with E-state index in [1.807, 2.05) is 26.0 Å². The van der Waals surface area contributed by atoms with E-state index in [9.17, 15) is 4.79 Å². The van der Waals surface area contributed by atoms with Gasteiger partial charge in [0, 0.05) is 10.7 Å². The molecule has 0 bridgehead atoms. The number of carboxylic acid groups (broad SMARTS) is 1. The van der Waals surface area contributed by atoms with Crippen molar-refractivity contribution in [2.45, 2.75) is 26.8 Å². The van der Waals surface area contributed by atoms with Crippen LogP contribution >= 0.6 is 15.9 Å². The van der Waals surface area contributed by atoms with Crippen LogP contribution in [0.5, 0.6) is 0 Å². The molecule has 20 heavy (non-hydrogen) atoms. The topological polar surface area (TPSA) is 80.9 Å². The lowest BCUT2D eigenvalue weighted by molar-refractivity contribution is 0.0689. The summed E-state index contributed by atoms with van der Waals surface area (Å²) >= 11 is 3.33. The number of pyridine rings is 1. The third-order valence-electron chi connectivity index (χ3n) is 2.74. The Hall–Kier alpha value is -1.76. The van der Waals surface area contributed by atoms with Gasteiger partial charge in [-0.2, -0.15) is 0 Å². The minimum absolute atomic E-state index is 0.0239. The van der Waals surface area contributed by atoms with E-state index < -0.39 is 5.97 Å². The summed E-state index contributed by atoms with van der Waals surface area (Å²) in [4.78, 5) is 15.4. The molecule has 0 saturated heterocycles. The number of carboxylic acids is 1. The summed E-state index contributed by atoms with van der Waals surface area (Å²) in [6.45, 7) is 4.47. The summed E-state index contributed by atoms with van der Waals surface area (Å²) in [7, 11) is 0. The fourth-order valence-electron chi connectivity index (χ4n) is 1.87. The summed E-state index contributed by atoms with van der Waals surface area (Å²) in [5, 5.41) is 16.9. The number of halogens is 1. The summed E-state index contributed by atoms with van der Waals surface area (Å²) in [6.07, 6.45) is 2.32. The van der Waals surface area contributed by atoms with E-state index in [2.05, 4.69) is 31.2 Å². The van der Waals surface area contributed by atoms with E-state index in [-0.39, 0.29) is 5.69 Å². The van der Waals surface area contributed by atoms with Crippen LogP contribution in [-0.2, 0) is 13.0 Å². The van der Waals surface area contributed by atoms with Crippen LogP contribution in [0.3, 0.4) is 0 Å². The Kier molecular flexibility index (Phi) is 4.49. The molecule has 0 aliphatic carbocycles. The molecule has 0 amide bonds. The maximum absolute atomic E-state index is 11.2. The maximum Gasteiger partial charge on any atom is 0.358 e. The van der Waals surface area contributed by atoms with E-state index in [1.165, 1.54) is 0 Å². The van der Waals surface area contributed by atoms with Crippen molar-refractivity contribution < 1.29 is 9.90 Å². The first-order valence-electron chi connectivity index (χ1n) is 6.23. The lowest BCUT2D eigenvalue weighted by Crippen LogP contribution is -2.12. The molecular formula is C13H15BrN4O2. The van der Waals surface area contributed by atoms with E-state index in [1.54, 1.807) is 10.9 Å². The van der Waals surface area contributed by atoms with Crippen LogP contribution in [0, 0.1) is 5.92 Å². The molecule has 0 fully saturated rings. The third-order valence-corrected chi connectivity index (χ3v) is 3.21. The minimum atomic E-state index is -1.05. The number of hydrogen-bond acceptors (Lipinski definition) is 4. The van der Waals surface area contributed by atoms with Crippen LogP contribution in [0.1, 0.15) is 35.7 Å². The highest BCUT2D eigenvalue weighted by Gasteiger charge is 2.20. The Morgan fingerprint density at radius 2 is 2.20 bits per heavy atom. The van der Waals surface area contributed by atoms with E-state index in [0.29, 0.717) is 24.6 Å². The predicted octanol–water partition coefficient (Wildman–Crippen LogP) is 2.38.